The third-order valence-electron chi connectivity index (χ3n) is 3.82. The number of aryl methyl sites for hydroxylation is 1. The van der Waals surface area contributed by atoms with Gasteiger partial charge in [-0.2, -0.15) is 0 Å². The predicted octanol–water partition coefficient (Wildman–Crippen LogP) is 2.43. The highest BCUT2D eigenvalue weighted by atomic mass is 16.6. The molecule has 1 N–H and O–H groups in total. The van der Waals surface area contributed by atoms with E-state index in [1.807, 2.05) is 11.8 Å². The topological polar surface area (TPSA) is 79.5 Å². The molecule has 1 fully saturated rings. The zero-order valence-corrected chi connectivity index (χ0v) is 11.8. The minimum absolute atomic E-state index is 0.0228. The van der Waals surface area contributed by atoms with E-state index in [-0.39, 0.29) is 18.3 Å². The van der Waals surface area contributed by atoms with E-state index in [9.17, 15) is 15.2 Å². The fraction of sp³-hybridized carbons (Fsp3) is 0.643. The molecule has 0 atom stereocenters. The average molecular weight is 279 g/mol. The van der Waals surface area contributed by atoms with Gasteiger partial charge in [0.25, 0.3) is 0 Å². The van der Waals surface area contributed by atoms with Crippen LogP contribution in [0.5, 0.6) is 0 Å². The molecule has 0 bridgehead atoms. The van der Waals surface area contributed by atoms with E-state index in [2.05, 4.69) is 4.98 Å². The van der Waals surface area contributed by atoms with Gasteiger partial charge in [0.05, 0.1) is 11.5 Å². The molecule has 1 heterocycles. The maximum absolute atomic E-state index is 11.2. The van der Waals surface area contributed by atoms with Crippen molar-refractivity contribution in [2.45, 2.75) is 45.1 Å². The van der Waals surface area contributed by atoms with Gasteiger partial charge in [-0.1, -0.05) is 19.3 Å². The molecule has 6 nitrogen and oxygen atoms in total. The van der Waals surface area contributed by atoms with E-state index in [1.165, 1.54) is 12.5 Å². The van der Waals surface area contributed by atoms with Crippen molar-refractivity contribution >= 4 is 11.5 Å². The van der Waals surface area contributed by atoms with Crippen molar-refractivity contribution in [1.29, 1.82) is 0 Å². The van der Waals surface area contributed by atoms with Gasteiger partial charge in [-0.25, -0.2) is 4.98 Å². The monoisotopic (exact) mass is 279 g/mol. The van der Waals surface area contributed by atoms with Crippen LogP contribution in [0.3, 0.4) is 0 Å². The summed E-state index contributed by atoms with van der Waals surface area (Å²) in [5.74, 6) is 0.399. The van der Waals surface area contributed by atoms with E-state index >= 15 is 0 Å². The van der Waals surface area contributed by atoms with Crippen LogP contribution in [0.25, 0.3) is 0 Å². The van der Waals surface area contributed by atoms with Gasteiger partial charge in [0.2, 0.25) is 5.82 Å². The van der Waals surface area contributed by atoms with E-state index in [0.29, 0.717) is 12.4 Å². The minimum Gasteiger partial charge on any atom is -0.395 e. The summed E-state index contributed by atoms with van der Waals surface area (Å²) in [5.41, 5.74) is 0.777. The van der Waals surface area contributed by atoms with Gasteiger partial charge in [-0.15, -0.1) is 0 Å². The molecule has 0 saturated heterocycles. The third-order valence-corrected chi connectivity index (χ3v) is 3.82. The fourth-order valence-corrected chi connectivity index (χ4v) is 2.85. The predicted molar refractivity (Wildman–Crippen MR) is 76.9 cm³/mol. The highest BCUT2D eigenvalue weighted by Gasteiger charge is 2.28. The van der Waals surface area contributed by atoms with Crippen molar-refractivity contribution in [3.8, 4) is 0 Å². The molecule has 0 amide bonds. The number of hydrogen-bond acceptors (Lipinski definition) is 5. The molecule has 6 heteroatoms. The van der Waals surface area contributed by atoms with Gasteiger partial charge < -0.3 is 10.0 Å². The number of rotatable bonds is 5. The van der Waals surface area contributed by atoms with E-state index in [0.717, 1.165) is 31.4 Å². The number of pyridine rings is 1. The lowest BCUT2D eigenvalue weighted by molar-refractivity contribution is -0.384. The van der Waals surface area contributed by atoms with Crippen LogP contribution in [0.15, 0.2) is 12.1 Å². The zero-order valence-electron chi connectivity index (χ0n) is 11.8. The van der Waals surface area contributed by atoms with Crippen molar-refractivity contribution < 1.29 is 10.0 Å². The lowest BCUT2D eigenvalue weighted by Crippen LogP contribution is -2.39. The standard InChI is InChI=1S/C14H21N3O3/c1-11-7-8-13(17(19)20)14(15-11)16(9-10-18)12-5-3-2-4-6-12/h7-8,12,18H,2-6,9-10H2,1H3. The second kappa shape index (κ2) is 6.65. The molecule has 0 radical (unpaired) electrons. The number of nitrogens with zero attached hydrogens (tertiary/aromatic N) is 3. The smallest absolute Gasteiger partial charge is 0.311 e. The normalized spacial score (nSPS) is 16.1. The Morgan fingerprint density at radius 1 is 1.40 bits per heavy atom. The molecule has 1 aliphatic carbocycles. The largest absolute Gasteiger partial charge is 0.395 e. The van der Waals surface area contributed by atoms with Crippen LogP contribution in [0.2, 0.25) is 0 Å². The number of hydrogen-bond donors (Lipinski definition) is 1. The summed E-state index contributed by atoms with van der Waals surface area (Å²) in [6.07, 6.45) is 5.49. The Bertz CT molecular complexity index is 473. The van der Waals surface area contributed by atoms with Gasteiger partial charge in [0.1, 0.15) is 0 Å². The average Bonchev–Trinajstić information content (AvgIpc) is 2.45. The molecule has 1 aromatic heterocycles. The third kappa shape index (κ3) is 3.25. The maximum Gasteiger partial charge on any atom is 0.311 e. The number of aliphatic hydroxyl groups is 1. The first-order valence-electron chi connectivity index (χ1n) is 7.13. The lowest BCUT2D eigenvalue weighted by Gasteiger charge is -2.34. The molecule has 110 valence electrons. The van der Waals surface area contributed by atoms with Gasteiger partial charge in [0, 0.05) is 24.3 Å². The van der Waals surface area contributed by atoms with Crippen molar-refractivity contribution in [3.05, 3.63) is 27.9 Å². The molecule has 0 aromatic carbocycles. The van der Waals surface area contributed by atoms with Crippen molar-refractivity contribution in [3.63, 3.8) is 0 Å². The van der Waals surface area contributed by atoms with Gasteiger partial charge >= 0.3 is 5.69 Å². The first-order valence-corrected chi connectivity index (χ1v) is 7.13. The SMILES string of the molecule is Cc1ccc([N+](=O)[O-])c(N(CCO)C2CCCCC2)n1. The van der Waals surface area contributed by atoms with Crippen molar-refractivity contribution in [2.24, 2.45) is 0 Å². The first-order chi connectivity index (χ1) is 9.63. The van der Waals surface area contributed by atoms with Crippen molar-refractivity contribution in [1.82, 2.24) is 4.98 Å². The van der Waals surface area contributed by atoms with E-state index in [1.54, 1.807) is 6.07 Å². The Kier molecular flexibility index (Phi) is 4.89. The fourth-order valence-electron chi connectivity index (χ4n) is 2.85. The summed E-state index contributed by atoms with van der Waals surface area (Å²) in [4.78, 5) is 17.1. The number of aromatic nitrogens is 1. The van der Waals surface area contributed by atoms with Crippen LogP contribution < -0.4 is 4.90 Å². The van der Waals surface area contributed by atoms with E-state index < -0.39 is 4.92 Å². The summed E-state index contributed by atoms with van der Waals surface area (Å²) in [7, 11) is 0. The van der Waals surface area contributed by atoms with Crippen LogP contribution in [0.1, 0.15) is 37.8 Å². The molecule has 2 rings (SSSR count). The Labute approximate surface area is 118 Å². The summed E-state index contributed by atoms with van der Waals surface area (Å²) in [5, 5.41) is 20.5. The summed E-state index contributed by atoms with van der Waals surface area (Å²) in [6.45, 7) is 2.19. The second-order valence-electron chi connectivity index (χ2n) is 5.26. The number of nitro groups is 1. The Morgan fingerprint density at radius 3 is 2.70 bits per heavy atom. The van der Waals surface area contributed by atoms with E-state index in [4.69, 9.17) is 0 Å². The summed E-state index contributed by atoms with van der Waals surface area (Å²) >= 11 is 0. The highest BCUT2D eigenvalue weighted by Crippen LogP contribution is 2.32. The van der Waals surface area contributed by atoms with Gasteiger partial charge in [-0.05, 0) is 25.8 Å². The quantitative estimate of drug-likeness (QED) is 0.661. The zero-order chi connectivity index (χ0) is 14.5. The maximum atomic E-state index is 11.2. The minimum atomic E-state index is -0.394. The van der Waals surface area contributed by atoms with Crippen LogP contribution in [0, 0.1) is 17.0 Å². The Hall–Kier alpha value is -1.69. The molecular formula is C14H21N3O3. The highest BCUT2D eigenvalue weighted by molar-refractivity contribution is 5.58. The van der Waals surface area contributed by atoms with Gasteiger partial charge in [-0.3, -0.25) is 10.1 Å². The number of anilines is 1. The Morgan fingerprint density at radius 2 is 2.10 bits per heavy atom. The molecule has 20 heavy (non-hydrogen) atoms. The van der Waals surface area contributed by atoms with Crippen LogP contribution in [-0.2, 0) is 0 Å². The summed E-state index contributed by atoms with van der Waals surface area (Å²) < 4.78 is 0. The molecule has 0 aliphatic heterocycles. The summed E-state index contributed by atoms with van der Waals surface area (Å²) in [6, 6.07) is 3.40. The molecule has 1 aliphatic rings. The molecule has 1 aromatic rings. The molecular weight excluding hydrogens is 258 g/mol. The van der Waals surface area contributed by atoms with Crippen LogP contribution in [0.4, 0.5) is 11.5 Å². The number of aliphatic hydroxyl groups excluding tert-OH is 1. The lowest BCUT2D eigenvalue weighted by atomic mass is 9.94. The second-order valence-corrected chi connectivity index (χ2v) is 5.26. The Balaban J connectivity index is 2.36. The first kappa shape index (κ1) is 14.7. The van der Waals surface area contributed by atoms with Crippen molar-refractivity contribution in [2.75, 3.05) is 18.1 Å². The molecule has 0 spiro atoms. The molecule has 1 saturated carbocycles. The van der Waals surface area contributed by atoms with Gasteiger partial charge in [0.15, 0.2) is 0 Å². The van der Waals surface area contributed by atoms with Crippen LogP contribution >= 0.6 is 0 Å². The van der Waals surface area contributed by atoms with Crippen LogP contribution in [-0.4, -0.2) is 34.2 Å². The molecule has 0 unspecified atom stereocenters.